The van der Waals surface area contributed by atoms with Gasteiger partial charge in [-0.15, -0.1) is 0 Å². The molecule has 0 radical (unpaired) electrons. The quantitative estimate of drug-likeness (QED) is 0.554. The summed E-state index contributed by atoms with van der Waals surface area (Å²) in [6, 6.07) is 0. The highest BCUT2D eigenvalue weighted by Gasteiger charge is 2.64. The fourth-order valence-electron chi connectivity index (χ4n) is 7.31. The first-order valence-corrected chi connectivity index (χ1v) is 10.6. The monoisotopic (exact) mass is 402 g/mol. The molecule has 4 rings (SSSR count). The van der Waals surface area contributed by atoms with Gasteiger partial charge in [-0.1, -0.05) is 25.5 Å². The lowest BCUT2D eigenvalue weighted by Crippen LogP contribution is -2.51. The van der Waals surface area contributed by atoms with Crippen molar-refractivity contribution in [3.63, 3.8) is 0 Å². The van der Waals surface area contributed by atoms with Gasteiger partial charge in [0.25, 0.3) is 0 Å². The Labute approximate surface area is 171 Å². The normalized spacial score (nSPS) is 43.3. The van der Waals surface area contributed by atoms with Crippen LogP contribution < -0.4 is 0 Å². The summed E-state index contributed by atoms with van der Waals surface area (Å²) in [5.74, 6) is -1.67. The number of methoxy groups -OCH3 is 1. The molecule has 1 unspecified atom stereocenters. The third-order valence-electron chi connectivity index (χ3n) is 8.68. The van der Waals surface area contributed by atoms with E-state index >= 15 is 0 Å². The number of hydrogen-bond donors (Lipinski definition) is 2. The summed E-state index contributed by atoms with van der Waals surface area (Å²) in [5, 5.41) is 19.2. The summed E-state index contributed by atoms with van der Waals surface area (Å²) in [7, 11) is 1.31. The minimum absolute atomic E-state index is 0.0470. The van der Waals surface area contributed by atoms with Gasteiger partial charge in [-0.05, 0) is 67.4 Å². The molecule has 0 bridgehead atoms. The van der Waals surface area contributed by atoms with E-state index < -0.39 is 35.3 Å². The van der Waals surface area contributed by atoms with Crippen molar-refractivity contribution in [1.82, 2.24) is 0 Å². The molecule has 0 spiro atoms. The molecule has 3 fully saturated rings. The molecule has 6 heteroatoms. The zero-order chi connectivity index (χ0) is 21.1. The molecule has 0 aromatic heterocycles. The van der Waals surface area contributed by atoms with Crippen molar-refractivity contribution in [1.29, 1.82) is 0 Å². The van der Waals surface area contributed by atoms with Gasteiger partial charge in [-0.2, -0.15) is 0 Å². The maximum Gasteiger partial charge on any atom is 0.309 e. The average molecular weight is 402 g/mol. The molecule has 4 aliphatic rings. The van der Waals surface area contributed by atoms with Gasteiger partial charge in [-0.3, -0.25) is 14.4 Å². The molecule has 0 saturated heterocycles. The molecule has 0 amide bonds. The Kier molecular flexibility index (Phi) is 4.86. The average Bonchev–Trinajstić information content (AvgIpc) is 3.00. The van der Waals surface area contributed by atoms with Gasteiger partial charge in [-0.25, -0.2) is 0 Å². The highest BCUT2D eigenvalue weighted by molar-refractivity contribution is 6.01. The van der Waals surface area contributed by atoms with E-state index in [9.17, 15) is 24.6 Å². The Morgan fingerprint density at radius 2 is 1.93 bits per heavy atom. The number of aliphatic hydroxyl groups is 2. The topological polar surface area (TPSA) is 101 Å². The predicted molar refractivity (Wildman–Crippen MR) is 104 cm³/mol. The van der Waals surface area contributed by atoms with Gasteiger partial charge in [0, 0.05) is 11.3 Å². The summed E-state index contributed by atoms with van der Waals surface area (Å²) in [5.41, 5.74) is 0.556. The van der Waals surface area contributed by atoms with Crippen LogP contribution >= 0.6 is 0 Å². The standard InChI is InChI=1S/C23H30O6/c1-22-8-6-13(24)10-12(22)4-5-14-16(22)7-9-23(2)17(14)11-15(21(28)29-3)18(23)19(25)20(26)27/h6,8,10,14-18,20,26-27H,4-5,7,9,11H2,1-3H3/t14-,15?,16+,17+,18-,22+,23+/m1/s1. The van der Waals surface area contributed by atoms with Crippen LogP contribution in [-0.4, -0.2) is 41.1 Å². The van der Waals surface area contributed by atoms with Crippen molar-refractivity contribution in [2.75, 3.05) is 7.11 Å². The number of carbonyl (C=O) groups is 3. The van der Waals surface area contributed by atoms with Crippen LogP contribution in [0.2, 0.25) is 0 Å². The van der Waals surface area contributed by atoms with E-state index in [0.29, 0.717) is 18.3 Å². The molecule has 0 aromatic rings. The summed E-state index contributed by atoms with van der Waals surface area (Å²) >= 11 is 0. The zero-order valence-corrected chi connectivity index (χ0v) is 17.3. The minimum atomic E-state index is -2.08. The summed E-state index contributed by atoms with van der Waals surface area (Å²) in [6.07, 6.45) is 7.33. The third kappa shape index (κ3) is 2.87. The number of esters is 1. The second-order valence-corrected chi connectivity index (χ2v) is 9.77. The maximum absolute atomic E-state index is 12.8. The molecule has 3 saturated carbocycles. The number of ketones is 2. The molecule has 0 aliphatic heterocycles. The first kappa shape index (κ1) is 20.5. The summed E-state index contributed by atoms with van der Waals surface area (Å²) in [6.45, 7) is 4.24. The Morgan fingerprint density at radius 3 is 2.59 bits per heavy atom. The number of hydrogen-bond acceptors (Lipinski definition) is 6. The van der Waals surface area contributed by atoms with Crippen molar-refractivity contribution < 1.29 is 29.3 Å². The third-order valence-corrected chi connectivity index (χ3v) is 8.68. The predicted octanol–water partition coefficient (Wildman–Crippen LogP) is 2.19. The Bertz CT molecular complexity index is 810. The fourth-order valence-corrected chi connectivity index (χ4v) is 7.31. The Morgan fingerprint density at radius 1 is 1.21 bits per heavy atom. The molecule has 0 aromatic carbocycles. The number of allylic oxidation sites excluding steroid dienone is 4. The summed E-state index contributed by atoms with van der Waals surface area (Å²) < 4.78 is 4.99. The minimum Gasteiger partial charge on any atom is -0.469 e. The van der Waals surface area contributed by atoms with Gasteiger partial charge < -0.3 is 14.9 Å². The molecule has 6 nitrogen and oxygen atoms in total. The van der Waals surface area contributed by atoms with Crippen LogP contribution in [0.5, 0.6) is 0 Å². The van der Waals surface area contributed by atoms with Crippen LogP contribution in [0.25, 0.3) is 0 Å². The second-order valence-electron chi connectivity index (χ2n) is 9.77. The van der Waals surface area contributed by atoms with Crippen molar-refractivity contribution in [3.05, 3.63) is 23.8 Å². The van der Waals surface area contributed by atoms with Gasteiger partial charge in [0.15, 0.2) is 11.6 Å². The molecule has 7 atom stereocenters. The first-order valence-electron chi connectivity index (χ1n) is 10.6. The number of Topliss-reactive ketones (excluding diaryl/α,β-unsaturated/α-hetero) is 1. The highest BCUT2D eigenvalue weighted by Crippen LogP contribution is 2.67. The zero-order valence-electron chi connectivity index (χ0n) is 17.3. The number of carbonyl (C=O) groups excluding carboxylic acids is 3. The van der Waals surface area contributed by atoms with Crippen LogP contribution in [0.4, 0.5) is 0 Å². The molecule has 29 heavy (non-hydrogen) atoms. The highest BCUT2D eigenvalue weighted by atomic mass is 16.5. The van der Waals surface area contributed by atoms with E-state index in [1.54, 1.807) is 12.2 Å². The van der Waals surface area contributed by atoms with Crippen LogP contribution in [0.1, 0.15) is 46.0 Å². The van der Waals surface area contributed by atoms with Crippen molar-refractivity contribution >= 4 is 17.5 Å². The van der Waals surface area contributed by atoms with E-state index in [1.807, 2.05) is 6.92 Å². The maximum atomic E-state index is 12.8. The van der Waals surface area contributed by atoms with Gasteiger partial charge in [0.1, 0.15) is 0 Å². The van der Waals surface area contributed by atoms with Crippen LogP contribution in [0.3, 0.4) is 0 Å². The smallest absolute Gasteiger partial charge is 0.309 e. The van der Waals surface area contributed by atoms with Gasteiger partial charge in [0.2, 0.25) is 6.29 Å². The number of fused-ring (bicyclic) bond motifs is 5. The molecule has 158 valence electrons. The van der Waals surface area contributed by atoms with E-state index in [4.69, 9.17) is 4.74 Å². The lowest BCUT2D eigenvalue weighted by Gasteiger charge is -2.56. The van der Waals surface area contributed by atoms with E-state index in [1.165, 1.54) is 12.7 Å². The van der Waals surface area contributed by atoms with Crippen LogP contribution in [0, 0.1) is 40.4 Å². The Balaban J connectivity index is 1.72. The number of ether oxygens (including phenoxy) is 1. The SMILES string of the molecule is COC(=O)C1C[C@H]2[C@@H]3CCC4=CC(=O)C=C[C@]4(C)[C@H]3CC[C@]2(C)[C@H]1C(=O)C(O)O. The van der Waals surface area contributed by atoms with Crippen molar-refractivity contribution in [3.8, 4) is 0 Å². The molecule has 0 heterocycles. The Hall–Kier alpha value is -1.79. The van der Waals surface area contributed by atoms with Crippen LogP contribution in [0.15, 0.2) is 23.8 Å². The molecular formula is C23H30O6. The van der Waals surface area contributed by atoms with E-state index in [-0.39, 0.29) is 17.1 Å². The summed E-state index contributed by atoms with van der Waals surface area (Å²) in [4.78, 5) is 37.2. The van der Waals surface area contributed by atoms with Gasteiger partial charge in [0.05, 0.1) is 13.0 Å². The fraction of sp³-hybridized carbons (Fsp3) is 0.696. The van der Waals surface area contributed by atoms with E-state index in [0.717, 1.165) is 25.7 Å². The van der Waals surface area contributed by atoms with Crippen LogP contribution in [-0.2, 0) is 19.1 Å². The molecule has 2 N–H and O–H groups in total. The van der Waals surface area contributed by atoms with Gasteiger partial charge >= 0.3 is 5.97 Å². The number of aliphatic hydroxyl groups excluding tert-OH is 1. The first-order chi connectivity index (χ1) is 13.6. The van der Waals surface area contributed by atoms with E-state index in [2.05, 4.69) is 13.0 Å². The lowest BCUT2D eigenvalue weighted by molar-refractivity contribution is -0.162. The molecular weight excluding hydrogens is 372 g/mol. The molecule has 4 aliphatic carbocycles. The largest absolute Gasteiger partial charge is 0.469 e. The van der Waals surface area contributed by atoms with Crippen molar-refractivity contribution in [2.45, 2.75) is 52.2 Å². The van der Waals surface area contributed by atoms with Crippen molar-refractivity contribution in [2.24, 2.45) is 40.4 Å². The number of rotatable bonds is 3. The second kappa shape index (κ2) is 6.88. The lowest BCUT2D eigenvalue weighted by atomic mass is 9.47.